The van der Waals surface area contributed by atoms with Gasteiger partial charge in [-0.25, -0.2) is 17.6 Å². The van der Waals surface area contributed by atoms with Gasteiger partial charge in [-0.3, -0.25) is 9.59 Å². The molecule has 8 heteroatoms. The zero-order valence-electron chi connectivity index (χ0n) is 10.3. The topological polar surface area (TPSA) is 66.4 Å². The highest BCUT2D eigenvalue weighted by atomic mass is 19.2. The van der Waals surface area contributed by atoms with Crippen molar-refractivity contribution >= 4 is 11.9 Å². The van der Waals surface area contributed by atoms with Gasteiger partial charge in [0.15, 0.2) is 23.3 Å². The zero-order valence-corrected chi connectivity index (χ0v) is 10.3. The van der Waals surface area contributed by atoms with Crippen LogP contribution in [0.25, 0.3) is 0 Å². The largest absolute Gasteiger partial charge is 0.481 e. The fraction of sp³-hybridized carbons (Fsp3) is 0.333. The number of halogens is 4. The van der Waals surface area contributed by atoms with Gasteiger partial charge >= 0.3 is 5.97 Å². The average Bonchev–Trinajstić information content (AvgIpc) is 2.37. The molecule has 0 aliphatic heterocycles. The number of carbonyl (C=O) groups is 2. The Kier molecular flexibility index (Phi) is 5.06. The van der Waals surface area contributed by atoms with Crippen LogP contribution < -0.4 is 5.32 Å². The molecule has 0 saturated heterocycles. The number of aliphatic carboxylic acids is 1. The molecule has 0 bridgehead atoms. The quantitative estimate of drug-likeness (QED) is 0.496. The lowest BCUT2D eigenvalue weighted by atomic mass is 10.1. The van der Waals surface area contributed by atoms with Gasteiger partial charge in [-0.15, -0.1) is 0 Å². The van der Waals surface area contributed by atoms with E-state index in [1.165, 1.54) is 6.92 Å². The fourth-order valence-corrected chi connectivity index (χ4v) is 1.47. The first kappa shape index (κ1) is 15.9. The Morgan fingerprint density at radius 2 is 1.80 bits per heavy atom. The minimum absolute atomic E-state index is 0.134. The molecule has 0 saturated carbocycles. The molecule has 1 rings (SSSR count). The molecular weight excluding hydrogens is 282 g/mol. The SMILES string of the molecule is CC(CNC(=O)c1cc(F)c(F)c(F)c1F)CC(=O)O. The van der Waals surface area contributed by atoms with Crippen LogP contribution in [0.15, 0.2) is 6.07 Å². The Morgan fingerprint density at radius 1 is 1.20 bits per heavy atom. The highest BCUT2D eigenvalue weighted by molar-refractivity contribution is 5.94. The molecular formula is C12H11F4NO3. The van der Waals surface area contributed by atoms with E-state index in [9.17, 15) is 27.2 Å². The van der Waals surface area contributed by atoms with Gasteiger partial charge in [-0.1, -0.05) is 6.92 Å². The summed E-state index contributed by atoms with van der Waals surface area (Å²) in [7, 11) is 0. The minimum atomic E-state index is -2.08. The molecule has 20 heavy (non-hydrogen) atoms. The van der Waals surface area contributed by atoms with Crippen molar-refractivity contribution in [1.82, 2.24) is 5.32 Å². The van der Waals surface area contributed by atoms with Gasteiger partial charge in [-0.2, -0.15) is 0 Å². The van der Waals surface area contributed by atoms with Crippen LogP contribution >= 0.6 is 0 Å². The third-order valence-electron chi connectivity index (χ3n) is 2.48. The number of benzene rings is 1. The van der Waals surface area contributed by atoms with Gasteiger partial charge in [0.25, 0.3) is 5.91 Å². The number of hydrogen-bond acceptors (Lipinski definition) is 2. The Labute approximate surface area is 111 Å². The van der Waals surface area contributed by atoms with Crippen molar-refractivity contribution in [2.75, 3.05) is 6.54 Å². The predicted molar refractivity (Wildman–Crippen MR) is 60.0 cm³/mol. The molecule has 1 aromatic carbocycles. The van der Waals surface area contributed by atoms with Crippen LogP contribution in [0.5, 0.6) is 0 Å². The van der Waals surface area contributed by atoms with E-state index in [4.69, 9.17) is 5.11 Å². The molecule has 2 N–H and O–H groups in total. The molecule has 4 nitrogen and oxygen atoms in total. The van der Waals surface area contributed by atoms with E-state index in [0.29, 0.717) is 0 Å². The van der Waals surface area contributed by atoms with Crippen molar-refractivity contribution in [3.05, 3.63) is 34.9 Å². The maximum atomic E-state index is 13.3. The second-order valence-corrected chi connectivity index (χ2v) is 4.26. The molecule has 0 spiro atoms. The smallest absolute Gasteiger partial charge is 0.303 e. The van der Waals surface area contributed by atoms with Crippen molar-refractivity contribution in [3.63, 3.8) is 0 Å². The second kappa shape index (κ2) is 6.36. The number of carboxylic acids is 1. The summed E-state index contributed by atoms with van der Waals surface area (Å²) >= 11 is 0. The molecule has 1 aromatic rings. The summed E-state index contributed by atoms with van der Waals surface area (Å²) in [5.41, 5.74) is -0.982. The van der Waals surface area contributed by atoms with Crippen LogP contribution in [0, 0.1) is 29.2 Å². The summed E-state index contributed by atoms with van der Waals surface area (Å²) in [6, 6.07) is 0.241. The van der Waals surface area contributed by atoms with Crippen LogP contribution in [0.4, 0.5) is 17.6 Å². The third-order valence-corrected chi connectivity index (χ3v) is 2.48. The minimum Gasteiger partial charge on any atom is -0.481 e. The normalized spacial score (nSPS) is 12.1. The summed E-state index contributed by atoms with van der Waals surface area (Å²) in [6.07, 6.45) is -0.241. The zero-order chi connectivity index (χ0) is 15.4. The van der Waals surface area contributed by atoms with Crippen LogP contribution in [0.1, 0.15) is 23.7 Å². The highest BCUT2D eigenvalue weighted by Gasteiger charge is 2.23. The molecule has 110 valence electrons. The van der Waals surface area contributed by atoms with E-state index in [0.717, 1.165) is 0 Å². The first-order valence-electron chi connectivity index (χ1n) is 5.57. The number of carbonyl (C=O) groups excluding carboxylic acids is 1. The number of amides is 1. The monoisotopic (exact) mass is 293 g/mol. The van der Waals surface area contributed by atoms with Crippen molar-refractivity contribution in [2.24, 2.45) is 5.92 Å². The summed E-state index contributed by atoms with van der Waals surface area (Å²) in [5, 5.41) is 10.6. The van der Waals surface area contributed by atoms with Gasteiger partial charge < -0.3 is 10.4 Å². The van der Waals surface area contributed by atoms with E-state index >= 15 is 0 Å². The molecule has 0 heterocycles. The van der Waals surface area contributed by atoms with Crippen molar-refractivity contribution < 1.29 is 32.3 Å². The summed E-state index contributed by atoms with van der Waals surface area (Å²) in [5.74, 6) is -10.3. The van der Waals surface area contributed by atoms with E-state index in [1.807, 2.05) is 0 Å². The second-order valence-electron chi connectivity index (χ2n) is 4.26. The van der Waals surface area contributed by atoms with Crippen LogP contribution in [-0.4, -0.2) is 23.5 Å². The average molecular weight is 293 g/mol. The van der Waals surface area contributed by atoms with Crippen LogP contribution in [0.3, 0.4) is 0 Å². The lowest BCUT2D eigenvalue weighted by molar-refractivity contribution is -0.137. The van der Waals surface area contributed by atoms with E-state index in [2.05, 4.69) is 5.32 Å². The number of rotatable bonds is 5. The maximum absolute atomic E-state index is 13.3. The molecule has 0 aliphatic rings. The molecule has 0 fully saturated rings. The molecule has 1 unspecified atom stereocenters. The van der Waals surface area contributed by atoms with Gasteiger partial charge in [0.05, 0.1) is 5.56 Å². The Balaban J connectivity index is 2.81. The first-order chi connectivity index (χ1) is 9.23. The predicted octanol–water partition coefficient (Wildman–Crippen LogP) is 2.08. The number of hydrogen-bond donors (Lipinski definition) is 2. The van der Waals surface area contributed by atoms with Gasteiger partial charge in [-0.05, 0) is 12.0 Å². The molecule has 1 atom stereocenters. The Hall–Kier alpha value is -2.12. The van der Waals surface area contributed by atoms with Crippen molar-refractivity contribution in [1.29, 1.82) is 0 Å². The molecule has 0 aromatic heterocycles. The van der Waals surface area contributed by atoms with Crippen LogP contribution in [0.2, 0.25) is 0 Å². The Morgan fingerprint density at radius 3 is 2.35 bits per heavy atom. The Bertz CT molecular complexity index is 548. The highest BCUT2D eigenvalue weighted by Crippen LogP contribution is 2.18. The van der Waals surface area contributed by atoms with Crippen molar-refractivity contribution in [2.45, 2.75) is 13.3 Å². The van der Waals surface area contributed by atoms with Crippen LogP contribution in [-0.2, 0) is 4.79 Å². The molecule has 0 aliphatic carbocycles. The molecule has 0 radical (unpaired) electrons. The summed E-state index contributed by atoms with van der Waals surface area (Å²) in [4.78, 5) is 21.9. The standard InChI is InChI=1S/C12H11F4NO3/c1-5(2-8(18)19)4-17-12(20)6-3-7(13)10(15)11(16)9(6)14/h3,5H,2,4H2,1H3,(H,17,20)(H,18,19). The van der Waals surface area contributed by atoms with Gasteiger partial charge in [0.2, 0.25) is 0 Å². The summed E-state index contributed by atoms with van der Waals surface area (Å²) < 4.78 is 51.8. The van der Waals surface area contributed by atoms with E-state index in [1.54, 1.807) is 0 Å². The van der Waals surface area contributed by atoms with Crippen molar-refractivity contribution in [3.8, 4) is 0 Å². The fourth-order valence-electron chi connectivity index (χ4n) is 1.47. The third kappa shape index (κ3) is 3.69. The summed E-state index contributed by atoms with van der Waals surface area (Å²) in [6.45, 7) is 1.38. The van der Waals surface area contributed by atoms with E-state index in [-0.39, 0.29) is 19.0 Å². The van der Waals surface area contributed by atoms with E-state index < -0.39 is 46.6 Å². The number of carboxylic acid groups (broad SMARTS) is 1. The molecule has 1 amide bonds. The number of nitrogens with one attached hydrogen (secondary N) is 1. The van der Waals surface area contributed by atoms with Gasteiger partial charge in [0.1, 0.15) is 0 Å². The first-order valence-corrected chi connectivity index (χ1v) is 5.57. The lowest BCUT2D eigenvalue weighted by Gasteiger charge is -2.11. The lowest BCUT2D eigenvalue weighted by Crippen LogP contribution is -2.30. The van der Waals surface area contributed by atoms with Gasteiger partial charge in [0, 0.05) is 13.0 Å². The maximum Gasteiger partial charge on any atom is 0.303 e.